The maximum Gasteiger partial charge on any atom is 0.301 e. The molecule has 4 rings (SSSR count). The van der Waals surface area contributed by atoms with E-state index in [1.54, 1.807) is 18.5 Å². The van der Waals surface area contributed by atoms with Crippen LogP contribution in [0.5, 0.6) is 0 Å². The molecule has 35 heavy (non-hydrogen) atoms. The first-order chi connectivity index (χ1) is 16.7. The third kappa shape index (κ3) is 6.35. The first-order valence-corrected chi connectivity index (χ1v) is 13.4. The third-order valence-corrected chi connectivity index (χ3v) is 7.89. The van der Waals surface area contributed by atoms with Gasteiger partial charge in [-0.2, -0.15) is 12.7 Å². The number of anilines is 4. The van der Waals surface area contributed by atoms with Crippen LogP contribution in [0, 0.1) is 26.9 Å². The first-order valence-electron chi connectivity index (χ1n) is 10.8. The Hall–Kier alpha value is -2.58. The van der Waals surface area contributed by atoms with Crippen molar-refractivity contribution in [3.63, 3.8) is 0 Å². The summed E-state index contributed by atoms with van der Waals surface area (Å²) in [6.07, 6.45) is 4.67. The molecule has 0 spiro atoms. The van der Waals surface area contributed by atoms with Crippen molar-refractivity contribution >= 4 is 55.5 Å². The maximum absolute atomic E-state index is 14.6. The number of hydrogen-bond acceptors (Lipinski definition) is 5. The van der Waals surface area contributed by atoms with Gasteiger partial charge < -0.3 is 10.6 Å². The van der Waals surface area contributed by atoms with Crippen molar-refractivity contribution in [2.75, 3.05) is 35.0 Å². The molecule has 7 nitrogen and oxygen atoms in total. The van der Waals surface area contributed by atoms with E-state index in [1.165, 1.54) is 16.4 Å². The predicted octanol–water partition coefficient (Wildman–Crippen LogP) is 5.33. The molecule has 2 aromatic carbocycles. The number of benzene rings is 2. The molecule has 12 heteroatoms. The molecule has 186 valence electrons. The zero-order chi connectivity index (χ0) is 25.0. The van der Waals surface area contributed by atoms with E-state index >= 15 is 0 Å². The fourth-order valence-electron chi connectivity index (χ4n) is 3.77. The van der Waals surface area contributed by atoms with E-state index < -0.39 is 33.3 Å². The van der Waals surface area contributed by atoms with Gasteiger partial charge in [0.05, 0.1) is 17.1 Å². The van der Waals surface area contributed by atoms with E-state index in [4.69, 9.17) is 0 Å². The number of hydrogen-bond donors (Lipinski definition) is 3. The van der Waals surface area contributed by atoms with Gasteiger partial charge in [0.25, 0.3) is 0 Å². The van der Waals surface area contributed by atoms with Gasteiger partial charge in [0, 0.05) is 35.6 Å². The van der Waals surface area contributed by atoms with Crippen LogP contribution in [0.3, 0.4) is 0 Å². The van der Waals surface area contributed by atoms with Gasteiger partial charge in [0.1, 0.15) is 11.5 Å². The summed E-state index contributed by atoms with van der Waals surface area (Å²) in [5.41, 5.74) is 0.0656. The number of aromatic nitrogens is 1. The van der Waals surface area contributed by atoms with Gasteiger partial charge in [-0.05, 0) is 83.8 Å². The van der Waals surface area contributed by atoms with Crippen molar-refractivity contribution < 1.29 is 21.6 Å². The molecule has 0 radical (unpaired) electrons. The number of halogens is 4. The maximum atomic E-state index is 14.6. The molecule has 0 atom stereocenters. The number of pyridine rings is 1. The highest BCUT2D eigenvalue weighted by Crippen LogP contribution is 2.33. The smallest absolute Gasteiger partial charge is 0.301 e. The van der Waals surface area contributed by atoms with Crippen LogP contribution in [-0.4, -0.2) is 37.3 Å². The predicted molar refractivity (Wildman–Crippen MR) is 138 cm³/mol. The molecule has 1 aliphatic rings. The molecule has 0 bridgehead atoms. The summed E-state index contributed by atoms with van der Waals surface area (Å²) in [5, 5.41) is 5.79. The minimum Gasteiger partial charge on any atom is -0.384 e. The minimum atomic E-state index is -4.06. The zero-order valence-corrected chi connectivity index (χ0v) is 21.4. The molecule has 1 fully saturated rings. The lowest BCUT2D eigenvalue weighted by Crippen LogP contribution is -2.42. The van der Waals surface area contributed by atoms with Crippen molar-refractivity contribution in [3.8, 4) is 0 Å². The van der Waals surface area contributed by atoms with E-state index in [2.05, 4.69) is 20.3 Å². The lowest BCUT2D eigenvalue weighted by molar-refractivity contribution is 0.283. The fraction of sp³-hybridized carbons (Fsp3) is 0.261. The van der Waals surface area contributed by atoms with Crippen LogP contribution in [0.4, 0.5) is 35.9 Å². The summed E-state index contributed by atoms with van der Waals surface area (Å²) in [7, 11) is -4.06. The van der Waals surface area contributed by atoms with E-state index in [-0.39, 0.29) is 30.4 Å². The molecule has 1 aliphatic heterocycles. The highest BCUT2D eigenvalue weighted by molar-refractivity contribution is 14.1. The van der Waals surface area contributed by atoms with Gasteiger partial charge in [0.2, 0.25) is 0 Å². The largest absolute Gasteiger partial charge is 0.384 e. The van der Waals surface area contributed by atoms with Gasteiger partial charge in [-0.1, -0.05) is 0 Å². The monoisotopic (exact) mass is 617 g/mol. The number of piperidine rings is 1. The Morgan fingerprint density at radius 3 is 2.46 bits per heavy atom. The summed E-state index contributed by atoms with van der Waals surface area (Å²) in [5.74, 6) is -2.92. The molecule has 3 N–H and O–H groups in total. The normalized spacial score (nSPS) is 15.1. The van der Waals surface area contributed by atoms with Gasteiger partial charge in [-0.25, -0.2) is 13.2 Å². The minimum absolute atomic E-state index is 0.114. The molecule has 0 saturated carbocycles. The van der Waals surface area contributed by atoms with Crippen molar-refractivity contribution in [2.24, 2.45) is 5.92 Å². The topological polar surface area (TPSA) is 86.4 Å². The van der Waals surface area contributed by atoms with Gasteiger partial charge in [-0.15, -0.1) is 0 Å². The molecule has 3 aromatic rings. The van der Waals surface area contributed by atoms with E-state index in [0.29, 0.717) is 23.0 Å². The molecule has 1 aromatic heterocycles. The van der Waals surface area contributed by atoms with Crippen molar-refractivity contribution in [2.45, 2.75) is 12.8 Å². The molecule has 0 unspecified atom stereocenters. The van der Waals surface area contributed by atoms with Crippen LogP contribution in [-0.2, 0) is 10.2 Å². The van der Waals surface area contributed by atoms with E-state index in [9.17, 15) is 21.6 Å². The summed E-state index contributed by atoms with van der Waals surface area (Å²) < 4.78 is 73.1. The van der Waals surface area contributed by atoms with Gasteiger partial charge in [0.15, 0.2) is 11.6 Å². The standard InChI is InChI=1S/C23H23F3IN5O2S/c24-18-4-6-21(23(22(18)26)30-20-5-3-16(27)12-19(20)25)31-35(33,34)32-10-7-15(8-11-32)13-29-17-2-1-9-28-14-17/h1-6,9,12,14-15,29-31H,7-8,10-11,13H2. The Morgan fingerprint density at radius 1 is 1.03 bits per heavy atom. The fourth-order valence-corrected chi connectivity index (χ4v) is 5.49. The van der Waals surface area contributed by atoms with Gasteiger partial charge in [-0.3, -0.25) is 9.71 Å². The highest BCUT2D eigenvalue weighted by Gasteiger charge is 2.29. The van der Waals surface area contributed by atoms with E-state index in [0.717, 1.165) is 17.8 Å². The number of nitrogens with zero attached hydrogens (tertiary/aromatic N) is 2. The highest BCUT2D eigenvalue weighted by atomic mass is 127. The van der Waals surface area contributed by atoms with Crippen LogP contribution >= 0.6 is 22.6 Å². The second-order valence-electron chi connectivity index (χ2n) is 8.11. The second kappa shape index (κ2) is 11.0. The molecule has 1 saturated heterocycles. The summed E-state index contributed by atoms with van der Waals surface area (Å²) >= 11 is 1.92. The molecule has 0 amide bonds. The SMILES string of the molecule is O=S(=O)(Nc1ccc(F)c(F)c1Nc1ccc(I)cc1F)N1CCC(CNc2cccnc2)CC1. The quantitative estimate of drug-likeness (QED) is 0.298. The van der Waals surface area contributed by atoms with Crippen LogP contribution in [0.25, 0.3) is 0 Å². The lowest BCUT2D eigenvalue weighted by Gasteiger charge is -2.31. The van der Waals surface area contributed by atoms with Crippen molar-refractivity contribution in [3.05, 3.63) is 75.9 Å². The van der Waals surface area contributed by atoms with Crippen molar-refractivity contribution in [1.29, 1.82) is 0 Å². The Bertz CT molecular complexity index is 1290. The Morgan fingerprint density at radius 2 is 1.77 bits per heavy atom. The van der Waals surface area contributed by atoms with Gasteiger partial charge >= 0.3 is 10.2 Å². The summed E-state index contributed by atoms with van der Waals surface area (Å²) in [6.45, 7) is 1.23. The zero-order valence-electron chi connectivity index (χ0n) is 18.4. The third-order valence-electron chi connectivity index (χ3n) is 5.69. The molecule has 2 heterocycles. The molecular formula is C23H23F3IN5O2S. The Labute approximate surface area is 215 Å². The lowest BCUT2D eigenvalue weighted by atomic mass is 9.98. The first kappa shape index (κ1) is 25.5. The summed E-state index contributed by atoms with van der Waals surface area (Å²) in [6, 6.07) is 9.83. The molecular weight excluding hydrogens is 594 g/mol. The second-order valence-corrected chi connectivity index (χ2v) is 11.0. The van der Waals surface area contributed by atoms with Crippen LogP contribution in [0.15, 0.2) is 54.9 Å². The Balaban J connectivity index is 1.44. The average molecular weight is 617 g/mol. The van der Waals surface area contributed by atoms with Crippen molar-refractivity contribution in [1.82, 2.24) is 9.29 Å². The van der Waals surface area contributed by atoms with Crippen LogP contribution < -0.4 is 15.4 Å². The summed E-state index contributed by atoms with van der Waals surface area (Å²) in [4.78, 5) is 4.05. The van der Waals surface area contributed by atoms with Crippen LogP contribution in [0.1, 0.15) is 12.8 Å². The average Bonchev–Trinajstić information content (AvgIpc) is 2.84. The van der Waals surface area contributed by atoms with Crippen LogP contribution in [0.2, 0.25) is 0 Å². The Kier molecular flexibility index (Phi) is 8.02. The molecule has 0 aliphatic carbocycles. The number of rotatable bonds is 8. The number of nitrogens with one attached hydrogen (secondary N) is 3. The van der Waals surface area contributed by atoms with E-state index in [1.807, 2.05) is 34.7 Å².